The summed E-state index contributed by atoms with van der Waals surface area (Å²) in [6.45, 7) is 3.37. The van der Waals surface area contributed by atoms with Crippen molar-refractivity contribution in [3.8, 4) is 0 Å². The molecule has 1 atom stereocenters. The molecular formula is C17H25N. The maximum atomic E-state index is 3.80. The lowest BCUT2D eigenvalue weighted by atomic mass is 9.85. The van der Waals surface area contributed by atoms with Crippen molar-refractivity contribution in [1.82, 2.24) is 5.32 Å². The first-order valence-electron chi connectivity index (χ1n) is 7.68. The maximum absolute atomic E-state index is 3.80. The second kappa shape index (κ2) is 5.44. The molecule has 0 spiro atoms. The average Bonchev–Trinajstić information content (AvgIpc) is 3.04. The fourth-order valence-corrected chi connectivity index (χ4v) is 4.12. The standard InChI is InChI=1S/C17H25N/c1-2-18-17(13-7-3-4-8-13)16-11-14-9-5-6-10-15(14)12-16/h5-6,9-10,13,16-18H,2-4,7-8,11-12H2,1H3. The first kappa shape index (κ1) is 12.2. The Kier molecular flexibility index (Phi) is 3.69. The van der Waals surface area contributed by atoms with Crippen molar-refractivity contribution < 1.29 is 0 Å². The van der Waals surface area contributed by atoms with E-state index in [2.05, 4.69) is 36.5 Å². The maximum Gasteiger partial charge on any atom is 0.0130 e. The summed E-state index contributed by atoms with van der Waals surface area (Å²) < 4.78 is 0. The van der Waals surface area contributed by atoms with Gasteiger partial charge in [0.15, 0.2) is 0 Å². The minimum atomic E-state index is 0.755. The zero-order valence-corrected chi connectivity index (χ0v) is 11.5. The SMILES string of the molecule is CCNC(C1CCCC1)C1Cc2ccccc2C1. The van der Waals surface area contributed by atoms with E-state index in [1.807, 2.05) is 0 Å². The molecular weight excluding hydrogens is 218 g/mol. The minimum absolute atomic E-state index is 0.755. The van der Waals surface area contributed by atoms with Gasteiger partial charge in [-0.2, -0.15) is 0 Å². The van der Waals surface area contributed by atoms with Gasteiger partial charge in [0.25, 0.3) is 0 Å². The van der Waals surface area contributed by atoms with Crippen LogP contribution in [0.5, 0.6) is 0 Å². The van der Waals surface area contributed by atoms with Gasteiger partial charge in [0.2, 0.25) is 0 Å². The van der Waals surface area contributed by atoms with Gasteiger partial charge in [-0.3, -0.25) is 0 Å². The van der Waals surface area contributed by atoms with Gasteiger partial charge in [0, 0.05) is 6.04 Å². The molecule has 1 unspecified atom stereocenters. The van der Waals surface area contributed by atoms with Crippen LogP contribution in [0.4, 0.5) is 0 Å². The van der Waals surface area contributed by atoms with Gasteiger partial charge in [-0.25, -0.2) is 0 Å². The third-order valence-corrected chi connectivity index (χ3v) is 4.94. The first-order valence-corrected chi connectivity index (χ1v) is 7.68. The molecule has 18 heavy (non-hydrogen) atoms. The van der Waals surface area contributed by atoms with E-state index in [1.54, 1.807) is 11.1 Å². The summed E-state index contributed by atoms with van der Waals surface area (Å²) in [5.41, 5.74) is 3.20. The summed E-state index contributed by atoms with van der Waals surface area (Å²) in [6, 6.07) is 9.79. The van der Waals surface area contributed by atoms with Crippen LogP contribution in [-0.2, 0) is 12.8 Å². The smallest absolute Gasteiger partial charge is 0.0130 e. The molecule has 2 aliphatic carbocycles. The molecule has 1 saturated carbocycles. The molecule has 0 saturated heterocycles. The Morgan fingerprint density at radius 3 is 2.22 bits per heavy atom. The second-order valence-corrected chi connectivity index (χ2v) is 6.07. The van der Waals surface area contributed by atoms with Crippen molar-refractivity contribution in [2.75, 3.05) is 6.54 Å². The Labute approximate surface area is 111 Å². The topological polar surface area (TPSA) is 12.0 Å². The van der Waals surface area contributed by atoms with Gasteiger partial charge in [0.05, 0.1) is 0 Å². The number of hydrogen-bond acceptors (Lipinski definition) is 1. The molecule has 0 aliphatic heterocycles. The van der Waals surface area contributed by atoms with E-state index >= 15 is 0 Å². The molecule has 3 rings (SSSR count). The van der Waals surface area contributed by atoms with Crippen LogP contribution < -0.4 is 5.32 Å². The highest BCUT2D eigenvalue weighted by Gasteiger charge is 2.34. The summed E-state index contributed by atoms with van der Waals surface area (Å²) in [7, 11) is 0. The summed E-state index contributed by atoms with van der Waals surface area (Å²) in [5.74, 6) is 1.77. The van der Waals surface area contributed by atoms with E-state index in [0.717, 1.165) is 24.4 Å². The molecule has 98 valence electrons. The van der Waals surface area contributed by atoms with Crippen molar-refractivity contribution in [3.05, 3.63) is 35.4 Å². The zero-order valence-electron chi connectivity index (χ0n) is 11.5. The van der Waals surface area contributed by atoms with Crippen LogP contribution in [-0.4, -0.2) is 12.6 Å². The van der Waals surface area contributed by atoms with Crippen LogP contribution in [0.15, 0.2) is 24.3 Å². The number of hydrogen-bond donors (Lipinski definition) is 1. The lowest BCUT2D eigenvalue weighted by Crippen LogP contribution is -2.41. The van der Waals surface area contributed by atoms with Gasteiger partial charge in [0.1, 0.15) is 0 Å². The molecule has 2 aliphatic rings. The molecule has 0 amide bonds. The third kappa shape index (κ3) is 2.33. The lowest BCUT2D eigenvalue weighted by Gasteiger charge is -2.30. The Morgan fingerprint density at radius 2 is 1.67 bits per heavy atom. The Morgan fingerprint density at radius 1 is 1.06 bits per heavy atom. The van der Waals surface area contributed by atoms with E-state index < -0.39 is 0 Å². The zero-order chi connectivity index (χ0) is 12.4. The number of nitrogens with one attached hydrogen (secondary N) is 1. The predicted octanol–water partition coefficient (Wildman–Crippen LogP) is 3.57. The Hall–Kier alpha value is -0.820. The van der Waals surface area contributed by atoms with E-state index in [9.17, 15) is 0 Å². The van der Waals surface area contributed by atoms with Crippen LogP contribution in [0.1, 0.15) is 43.7 Å². The molecule has 0 radical (unpaired) electrons. The van der Waals surface area contributed by atoms with Crippen molar-refractivity contribution in [1.29, 1.82) is 0 Å². The quantitative estimate of drug-likeness (QED) is 0.852. The summed E-state index contributed by atoms with van der Waals surface area (Å²) in [4.78, 5) is 0. The average molecular weight is 243 g/mol. The highest BCUT2D eigenvalue weighted by Crippen LogP contribution is 2.36. The van der Waals surface area contributed by atoms with Gasteiger partial charge in [-0.05, 0) is 55.2 Å². The molecule has 0 heterocycles. The van der Waals surface area contributed by atoms with Crippen LogP contribution in [0.25, 0.3) is 0 Å². The normalized spacial score (nSPS) is 22.3. The second-order valence-electron chi connectivity index (χ2n) is 6.07. The van der Waals surface area contributed by atoms with Gasteiger partial charge in [-0.15, -0.1) is 0 Å². The largest absolute Gasteiger partial charge is 0.314 e. The molecule has 1 aromatic carbocycles. The molecule has 1 nitrogen and oxygen atoms in total. The summed E-state index contributed by atoms with van der Waals surface area (Å²) >= 11 is 0. The molecule has 1 N–H and O–H groups in total. The van der Waals surface area contributed by atoms with Gasteiger partial charge >= 0.3 is 0 Å². The number of fused-ring (bicyclic) bond motifs is 1. The fraction of sp³-hybridized carbons (Fsp3) is 0.647. The lowest BCUT2D eigenvalue weighted by molar-refractivity contribution is 0.268. The molecule has 0 aromatic heterocycles. The van der Waals surface area contributed by atoms with E-state index in [4.69, 9.17) is 0 Å². The highest BCUT2D eigenvalue weighted by atomic mass is 14.9. The van der Waals surface area contributed by atoms with Crippen molar-refractivity contribution in [3.63, 3.8) is 0 Å². The summed E-state index contributed by atoms with van der Waals surface area (Å²) in [5, 5.41) is 3.80. The van der Waals surface area contributed by atoms with E-state index in [1.165, 1.54) is 38.5 Å². The third-order valence-electron chi connectivity index (χ3n) is 4.94. The number of benzene rings is 1. The van der Waals surface area contributed by atoms with Crippen LogP contribution in [0, 0.1) is 11.8 Å². The first-order chi connectivity index (χ1) is 8.88. The van der Waals surface area contributed by atoms with Crippen LogP contribution in [0.3, 0.4) is 0 Å². The predicted molar refractivity (Wildman–Crippen MR) is 76.8 cm³/mol. The highest BCUT2D eigenvalue weighted by molar-refractivity contribution is 5.32. The van der Waals surface area contributed by atoms with Crippen LogP contribution in [0.2, 0.25) is 0 Å². The minimum Gasteiger partial charge on any atom is -0.314 e. The van der Waals surface area contributed by atoms with Crippen molar-refractivity contribution in [2.45, 2.75) is 51.5 Å². The fourth-order valence-electron chi connectivity index (χ4n) is 4.12. The number of rotatable bonds is 4. The van der Waals surface area contributed by atoms with Gasteiger partial charge in [-0.1, -0.05) is 44.0 Å². The van der Waals surface area contributed by atoms with Crippen molar-refractivity contribution in [2.24, 2.45) is 11.8 Å². The Balaban J connectivity index is 1.73. The van der Waals surface area contributed by atoms with Crippen LogP contribution >= 0.6 is 0 Å². The van der Waals surface area contributed by atoms with E-state index in [0.29, 0.717) is 0 Å². The van der Waals surface area contributed by atoms with Crippen molar-refractivity contribution >= 4 is 0 Å². The molecule has 1 fully saturated rings. The monoisotopic (exact) mass is 243 g/mol. The summed E-state index contributed by atoms with van der Waals surface area (Å²) in [6.07, 6.45) is 8.39. The molecule has 1 aromatic rings. The Bertz CT molecular complexity index is 367. The van der Waals surface area contributed by atoms with E-state index in [-0.39, 0.29) is 0 Å². The molecule has 1 heteroatoms. The molecule has 0 bridgehead atoms. The van der Waals surface area contributed by atoms with Gasteiger partial charge < -0.3 is 5.32 Å².